The van der Waals surface area contributed by atoms with Crippen LogP contribution in [0.15, 0.2) is 0 Å². The number of hydrogen-bond donors (Lipinski definition) is 0. The summed E-state index contributed by atoms with van der Waals surface area (Å²) in [6.07, 6.45) is 0.535. The summed E-state index contributed by atoms with van der Waals surface area (Å²) in [5.41, 5.74) is 0. The summed E-state index contributed by atoms with van der Waals surface area (Å²) in [7, 11) is 0. The van der Waals surface area contributed by atoms with E-state index < -0.39 is 11.9 Å². The molecular weight excluding hydrogens is 254 g/mol. The number of hydrogen-bond acceptors (Lipinski definition) is 4. The van der Waals surface area contributed by atoms with E-state index in [1.165, 1.54) is 0 Å². The molecule has 58 valence electrons. The molecule has 0 amide bonds. The van der Waals surface area contributed by atoms with Gasteiger partial charge in [0.15, 0.2) is 0 Å². The Morgan fingerprint density at radius 1 is 0.917 bits per heavy atom. The van der Waals surface area contributed by atoms with Crippen molar-refractivity contribution in [3.8, 4) is 0 Å². The summed E-state index contributed by atoms with van der Waals surface area (Å²) in [6, 6.07) is 0. The molecule has 0 heterocycles. The zero-order valence-corrected chi connectivity index (χ0v) is 10.2. The molecule has 6 heteroatoms. The van der Waals surface area contributed by atoms with E-state index in [1.54, 1.807) is 0 Å². The molecule has 0 saturated heterocycles. The van der Waals surface area contributed by atoms with Crippen LogP contribution in [-0.4, -0.2) is 29.3 Å². The van der Waals surface area contributed by atoms with E-state index in [1.807, 2.05) is 0 Å². The van der Waals surface area contributed by atoms with Crippen LogP contribution in [-0.2, 0) is 35.8 Å². The van der Waals surface area contributed by atoms with E-state index in [-0.39, 0.29) is 56.4 Å². The van der Waals surface area contributed by atoms with Crippen molar-refractivity contribution >= 4 is 29.3 Å². The van der Waals surface area contributed by atoms with Gasteiger partial charge in [0.05, 0.1) is 0 Å². The predicted octanol–water partition coefficient (Wildman–Crippen LogP) is -2.34. The van der Waals surface area contributed by atoms with Gasteiger partial charge in [0.2, 0.25) is 0 Å². The number of carboxylic acid groups (broad SMARTS) is 2. The van der Waals surface area contributed by atoms with Crippen LogP contribution < -0.4 is 10.2 Å². The molecule has 0 bridgehead atoms. The van der Waals surface area contributed by atoms with Gasteiger partial charge in [0.25, 0.3) is 0 Å². The summed E-state index contributed by atoms with van der Waals surface area (Å²) in [5.74, 6) is -2.28. The summed E-state index contributed by atoms with van der Waals surface area (Å²) < 4.78 is 0. The molecule has 12 heavy (non-hydrogen) atoms. The fourth-order valence-electron chi connectivity index (χ4n) is 0.539. The van der Waals surface area contributed by atoms with E-state index in [2.05, 4.69) is 0 Å². The number of carbonyl (C=O) groups is 2. The Labute approximate surface area is 101 Å². The van der Waals surface area contributed by atoms with Crippen LogP contribution in [0.1, 0.15) is 25.7 Å². The second-order valence-electron chi connectivity index (χ2n) is 1.95. The second kappa shape index (κ2) is 11.4. The third kappa shape index (κ3) is 16.8. The average molecular weight is 262 g/mol. The van der Waals surface area contributed by atoms with Crippen LogP contribution in [0.2, 0.25) is 0 Å². The molecular formula is C6H8AlO4Zr+5. The molecule has 0 atom stereocenters. The van der Waals surface area contributed by atoms with Crippen LogP contribution in [0.25, 0.3) is 0 Å². The molecule has 0 aromatic carbocycles. The van der Waals surface area contributed by atoms with Crippen molar-refractivity contribution in [1.82, 2.24) is 0 Å². The third-order valence-electron chi connectivity index (χ3n) is 1.01. The van der Waals surface area contributed by atoms with Crippen LogP contribution >= 0.6 is 0 Å². The van der Waals surface area contributed by atoms with E-state index in [0.717, 1.165) is 0 Å². The maximum atomic E-state index is 9.77. The van der Waals surface area contributed by atoms with Crippen molar-refractivity contribution in [3.05, 3.63) is 0 Å². The molecule has 0 radical (unpaired) electrons. The maximum absolute atomic E-state index is 9.77. The first-order chi connectivity index (χ1) is 4.63. The minimum absolute atomic E-state index is 0. The third-order valence-corrected chi connectivity index (χ3v) is 1.01. The number of carbonyl (C=O) groups excluding carboxylic acids is 2. The number of unbranched alkanes of at least 4 members (excludes halogenated alkanes) is 1. The van der Waals surface area contributed by atoms with Gasteiger partial charge in [-0.1, -0.05) is 0 Å². The van der Waals surface area contributed by atoms with Crippen LogP contribution in [0.3, 0.4) is 0 Å². The quantitative estimate of drug-likeness (QED) is 0.411. The van der Waals surface area contributed by atoms with Gasteiger partial charge in [-0.3, -0.25) is 0 Å². The van der Waals surface area contributed by atoms with Crippen LogP contribution in [0.4, 0.5) is 0 Å². The molecule has 0 spiro atoms. The van der Waals surface area contributed by atoms with E-state index in [0.29, 0.717) is 12.8 Å². The fourth-order valence-corrected chi connectivity index (χ4v) is 0.539. The molecule has 0 saturated carbocycles. The summed E-state index contributed by atoms with van der Waals surface area (Å²) >= 11 is 0. The smallest absolute Gasteiger partial charge is 0.550 e. The standard InChI is InChI=1S/C6H10O4.Al.Zr/c7-5(8)3-1-2-4-6(9)10;;/h1-4H2,(H,7,8)(H,9,10);;/q;+3;+4/p-2. The van der Waals surface area contributed by atoms with E-state index in [4.69, 9.17) is 0 Å². The zero-order chi connectivity index (χ0) is 7.98. The normalized spacial score (nSPS) is 7.67. The van der Waals surface area contributed by atoms with Crippen molar-refractivity contribution in [3.63, 3.8) is 0 Å². The van der Waals surface area contributed by atoms with E-state index in [9.17, 15) is 19.8 Å². The molecule has 0 aliphatic carbocycles. The zero-order valence-electron chi connectivity index (χ0n) is 6.54. The van der Waals surface area contributed by atoms with Gasteiger partial charge in [-0.05, 0) is 25.7 Å². The Hall–Kier alpha value is 0.356. The van der Waals surface area contributed by atoms with Gasteiger partial charge in [0, 0.05) is 11.9 Å². The van der Waals surface area contributed by atoms with Gasteiger partial charge < -0.3 is 19.8 Å². The minimum atomic E-state index is -1.14. The molecule has 0 aliphatic heterocycles. The molecule has 0 fully saturated rings. The Bertz CT molecular complexity index is 124. The molecule has 4 nitrogen and oxygen atoms in total. The molecule has 0 aromatic rings. The van der Waals surface area contributed by atoms with Gasteiger partial charge in [-0.25, -0.2) is 0 Å². The number of aliphatic carboxylic acids is 2. The minimum Gasteiger partial charge on any atom is -0.550 e. The van der Waals surface area contributed by atoms with Crippen molar-refractivity contribution in [1.29, 1.82) is 0 Å². The van der Waals surface area contributed by atoms with Crippen molar-refractivity contribution in [2.45, 2.75) is 25.7 Å². The number of rotatable bonds is 5. The summed E-state index contributed by atoms with van der Waals surface area (Å²) in [5, 5.41) is 19.5. The van der Waals surface area contributed by atoms with Gasteiger partial charge in [-0.2, -0.15) is 0 Å². The van der Waals surface area contributed by atoms with E-state index >= 15 is 0 Å². The van der Waals surface area contributed by atoms with Gasteiger partial charge >= 0.3 is 43.6 Å². The average Bonchev–Trinajstić information content (AvgIpc) is 1.79. The van der Waals surface area contributed by atoms with Crippen LogP contribution in [0, 0.1) is 0 Å². The number of carboxylic acids is 2. The Morgan fingerprint density at radius 2 is 1.17 bits per heavy atom. The maximum Gasteiger partial charge on any atom is 4.00 e. The first kappa shape index (κ1) is 18.2. The Balaban J connectivity index is -0.000000405. The topological polar surface area (TPSA) is 80.3 Å². The van der Waals surface area contributed by atoms with Crippen molar-refractivity contribution in [2.24, 2.45) is 0 Å². The summed E-state index contributed by atoms with van der Waals surface area (Å²) in [4.78, 5) is 19.5. The molecule has 0 unspecified atom stereocenters. The fraction of sp³-hybridized carbons (Fsp3) is 0.667. The first-order valence-electron chi connectivity index (χ1n) is 3.02. The van der Waals surface area contributed by atoms with Crippen LogP contribution in [0.5, 0.6) is 0 Å². The summed E-state index contributed by atoms with van der Waals surface area (Å²) in [6.45, 7) is 0. The second-order valence-corrected chi connectivity index (χ2v) is 1.95. The monoisotopic (exact) mass is 261 g/mol. The van der Waals surface area contributed by atoms with Crippen molar-refractivity contribution < 1.29 is 46.0 Å². The molecule has 0 N–H and O–H groups in total. The predicted molar refractivity (Wildman–Crippen MR) is 34.2 cm³/mol. The Kier molecular flexibility index (Phi) is 17.2. The molecule has 0 rings (SSSR count). The molecule has 0 aromatic heterocycles. The molecule has 0 aliphatic rings. The van der Waals surface area contributed by atoms with Gasteiger partial charge in [0.1, 0.15) is 0 Å². The Morgan fingerprint density at radius 3 is 1.33 bits per heavy atom. The first-order valence-corrected chi connectivity index (χ1v) is 3.02. The van der Waals surface area contributed by atoms with Crippen molar-refractivity contribution in [2.75, 3.05) is 0 Å². The largest absolute Gasteiger partial charge is 4.00 e. The van der Waals surface area contributed by atoms with Gasteiger partial charge in [-0.15, -0.1) is 0 Å². The SMILES string of the molecule is O=C([O-])CCCCC(=O)[O-].[Al+3].[Zr+4].